The average molecular weight is 225 g/mol. The predicted molar refractivity (Wildman–Crippen MR) is 72.5 cm³/mol. The Bertz CT molecular complexity index is 159. The third-order valence-corrected chi connectivity index (χ3v) is 4.21. The quantitative estimate of drug-likeness (QED) is 0.732. The zero-order valence-corrected chi connectivity index (χ0v) is 11.4. The van der Waals surface area contributed by atoms with Crippen LogP contribution in [0.5, 0.6) is 0 Å². The summed E-state index contributed by atoms with van der Waals surface area (Å²) in [7, 11) is 0. The van der Waals surface area contributed by atoms with E-state index in [1.807, 2.05) is 0 Å². The zero-order valence-electron chi connectivity index (χ0n) is 11.4. The van der Waals surface area contributed by atoms with Gasteiger partial charge in [0.05, 0.1) is 0 Å². The van der Waals surface area contributed by atoms with E-state index in [1.165, 1.54) is 64.2 Å². The van der Waals surface area contributed by atoms with E-state index in [0.29, 0.717) is 6.04 Å². The first-order valence-electron chi connectivity index (χ1n) is 7.49. The largest absolute Gasteiger partial charge is 0.327 e. The molecule has 2 atom stereocenters. The fourth-order valence-corrected chi connectivity index (χ4v) is 3.18. The van der Waals surface area contributed by atoms with E-state index in [-0.39, 0.29) is 0 Å². The highest BCUT2D eigenvalue weighted by Crippen LogP contribution is 2.27. The Morgan fingerprint density at radius 1 is 1.06 bits per heavy atom. The molecule has 1 nitrogen and oxygen atoms in total. The van der Waals surface area contributed by atoms with Gasteiger partial charge in [-0.3, -0.25) is 0 Å². The third kappa shape index (κ3) is 5.34. The predicted octanol–water partition coefficient (Wildman–Crippen LogP) is 4.50. The van der Waals surface area contributed by atoms with Gasteiger partial charge in [0.1, 0.15) is 0 Å². The monoisotopic (exact) mass is 225 g/mol. The van der Waals surface area contributed by atoms with Crippen LogP contribution in [0.4, 0.5) is 0 Å². The lowest BCUT2D eigenvalue weighted by atomic mass is 9.82. The minimum Gasteiger partial charge on any atom is -0.327 e. The van der Waals surface area contributed by atoms with Crippen LogP contribution in [0, 0.1) is 11.8 Å². The van der Waals surface area contributed by atoms with Crippen molar-refractivity contribution in [3.8, 4) is 0 Å². The molecular formula is C15H31N. The maximum atomic E-state index is 6.40. The summed E-state index contributed by atoms with van der Waals surface area (Å²) in [5, 5.41) is 0. The second-order valence-electron chi connectivity index (χ2n) is 5.90. The second kappa shape index (κ2) is 8.11. The third-order valence-electron chi connectivity index (χ3n) is 4.21. The molecule has 0 bridgehead atoms. The van der Waals surface area contributed by atoms with Gasteiger partial charge in [-0.15, -0.1) is 0 Å². The van der Waals surface area contributed by atoms with Crippen molar-refractivity contribution >= 4 is 0 Å². The SMILES string of the molecule is CCCC(C)CC(N)C1CCCCCCC1. The molecule has 2 unspecified atom stereocenters. The van der Waals surface area contributed by atoms with Crippen LogP contribution in [0.15, 0.2) is 0 Å². The Balaban J connectivity index is 2.29. The van der Waals surface area contributed by atoms with Crippen LogP contribution in [-0.2, 0) is 0 Å². The summed E-state index contributed by atoms with van der Waals surface area (Å²) in [4.78, 5) is 0. The summed E-state index contributed by atoms with van der Waals surface area (Å²) >= 11 is 0. The smallest absolute Gasteiger partial charge is 0.00696 e. The fraction of sp³-hybridized carbons (Fsp3) is 1.00. The van der Waals surface area contributed by atoms with E-state index in [4.69, 9.17) is 5.73 Å². The van der Waals surface area contributed by atoms with Gasteiger partial charge in [-0.1, -0.05) is 58.8 Å². The van der Waals surface area contributed by atoms with Crippen LogP contribution in [0.1, 0.15) is 78.1 Å². The Morgan fingerprint density at radius 2 is 1.62 bits per heavy atom. The highest BCUT2D eigenvalue weighted by Gasteiger charge is 2.20. The van der Waals surface area contributed by atoms with Crippen LogP contribution >= 0.6 is 0 Å². The molecule has 0 aliphatic heterocycles. The van der Waals surface area contributed by atoms with Gasteiger partial charge in [0.2, 0.25) is 0 Å². The molecule has 0 saturated heterocycles. The van der Waals surface area contributed by atoms with Gasteiger partial charge < -0.3 is 5.73 Å². The van der Waals surface area contributed by atoms with Crippen LogP contribution in [0.2, 0.25) is 0 Å². The highest BCUT2D eigenvalue weighted by molar-refractivity contribution is 4.76. The van der Waals surface area contributed by atoms with Gasteiger partial charge in [0.25, 0.3) is 0 Å². The molecule has 0 aromatic carbocycles. The van der Waals surface area contributed by atoms with Crippen molar-refractivity contribution in [3.63, 3.8) is 0 Å². The van der Waals surface area contributed by atoms with Gasteiger partial charge in [0.15, 0.2) is 0 Å². The molecule has 1 rings (SSSR count). The molecule has 1 aliphatic carbocycles. The Morgan fingerprint density at radius 3 is 2.19 bits per heavy atom. The first-order valence-corrected chi connectivity index (χ1v) is 7.49. The van der Waals surface area contributed by atoms with Crippen molar-refractivity contribution < 1.29 is 0 Å². The van der Waals surface area contributed by atoms with E-state index < -0.39 is 0 Å². The first kappa shape index (κ1) is 14.0. The Kier molecular flexibility index (Phi) is 7.11. The molecule has 2 N–H and O–H groups in total. The van der Waals surface area contributed by atoms with E-state index in [1.54, 1.807) is 0 Å². The molecule has 96 valence electrons. The normalized spacial score (nSPS) is 23.4. The molecule has 0 radical (unpaired) electrons. The summed E-state index contributed by atoms with van der Waals surface area (Å²) in [6.07, 6.45) is 13.8. The standard InChI is InChI=1S/C15H31N/c1-3-9-13(2)12-15(16)14-10-7-5-4-6-8-11-14/h13-15H,3-12,16H2,1-2H3. The summed E-state index contributed by atoms with van der Waals surface area (Å²) in [5.41, 5.74) is 6.40. The number of rotatable bonds is 5. The molecule has 0 heterocycles. The molecule has 1 fully saturated rings. The Labute approximate surface area is 102 Å². The van der Waals surface area contributed by atoms with E-state index >= 15 is 0 Å². The lowest BCUT2D eigenvalue weighted by Gasteiger charge is -2.27. The zero-order chi connectivity index (χ0) is 11.8. The highest BCUT2D eigenvalue weighted by atomic mass is 14.6. The van der Waals surface area contributed by atoms with Crippen molar-refractivity contribution in [1.82, 2.24) is 0 Å². The lowest BCUT2D eigenvalue weighted by molar-refractivity contribution is 0.284. The minimum absolute atomic E-state index is 0.472. The summed E-state index contributed by atoms with van der Waals surface area (Å²) in [6, 6.07) is 0.472. The van der Waals surface area contributed by atoms with Crippen molar-refractivity contribution in [3.05, 3.63) is 0 Å². The topological polar surface area (TPSA) is 26.0 Å². The molecule has 0 spiro atoms. The maximum absolute atomic E-state index is 6.40. The maximum Gasteiger partial charge on any atom is 0.00696 e. The second-order valence-corrected chi connectivity index (χ2v) is 5.90. The van der Waals surface area contributed by atoms with Crippen LogP contribution < -0.4 is 5.73 Å². The molecular weight excluding hydrogens is 194 g/mol. The van der Waals surface area contributed by atoms with Crippen molar-refractivity contribution in [2.75, 3.05) is 0 Å². The molecule has 1 aliphatic rings. The van der Waals surface area contributed by atoms with Gasteiger partial charge in [0, 0.05) is 6.04 Å². The van der Waals surface area contributed by atoms with Gasteiger partial charge in [-0.25, -0.2) is 0 Å². The van der Waals surface area contributed by atoms with Crippen molar-refractivity contribution in [1.29, 1.82) is 0 Å². The van der Waals surface area contributed by atoms with E-state index in [9.17, 15) is 0 Å². The van der Waals surface area contributed by atoms with Crippen LogP contribution in [0.3, 0.4) is 0 Å². The molecule has 0 aromatic heterocycles. The number of hydrogen-bond donors (Lipinski definition) is 1. The average Bonchev–Trinajstić information content (AvgIpc) is 2.16. The van der Waals surface area contributed by atoms with Crippen LogP contribution in [-0.4, -0.2) is 6.04 Å². The summed E-state index contributed by atoms with van der Waals surface area (Å²) < 4.78 is 0. The molecule has 16 heavy (non-hydrogen) atoms. The Hall–Kier alpha value is -0.0400. The summed E-state index contributed by atoms with van der Waals surface area (Å²) in [6.45, 7) is 4.64. The first-order chi connectivity index (χ1) is 7.74. The number of nitrogens with two attached hydrogens (primary N) is 1. The van der Waals surface area contributed by atoms with E-state index in [2.05, 4.69) is 13.8 Å². The number of hydrogen-bond acceptors (Lipinski definition) is 1. The fourth-order valence-electron chi connectivity index (χ4n) is 3.18. The molecule has 1 heteroatoms. The lowest BCUT2D eigenvalue weighted by Crippen LogP contribution is -2.32. The molecule has 0 aromatic rings. The van der Waals surface area contributed by atoms with Gasteiger partial charge in [-0.05, 0) is 31.1 Å². The van der Waals surface area contributed by atoms with Gasteiger partial charge in [-0.2, -0.15) is 0 Å². The van der Waals surface area contributed by atoms with E-state index in [0.717, 1.165) is 11.8 Å². The van der Waals surface area contributed by atoms with Crippen LogP contribution in [0.25, 0.3) is 0 Å². The molecule has 0 amide bonds. The summed E-state index contributed by atoms with van der Waals surface area (Å²) in [5.74, 6) is 1.64. The van der Waals surface area contributed by atoms with Crippen molar-refractivity contribution in [2.45, 2.75) is 84.1 Å². The van der Waals surface area contributed by atoms with Crippen molar-refractivity contribution in [2.24, 2.45) is 17.6 Å². The van der Waals surface area contributed by atoms with Gasteiger partial charge >= 0.3 is 0 Å². The minimum atomic E-state index is 0.472. The molecule has 1 saturated carbocycles.